The summed E-state index contributed by atoms with van der Waals surface area (Å²) in [4.78, 5) is 38.1. The predicted octanol–water partition coefficient (Wildman–Crippen LogP) is 20.3. The first-order chi connectivity index (χ1) is 33.5. The Morgan fingerprint density at radius 1 is 0.279 bits per heavy atom. The maximum Gasteiger partial charge on any atom is 0.306 e. The van der Waals surface area contributed by atoms with Crippen molar-refractivity contribution in [3.63, 3.8) is 0 Å². The van der Waals surface area contributed by atoms with E-state index < -0.39 is 6.10 Å². The Labute approximate surface area is 423 Å². The molecular weight excluding hydrogens is 841 g/mol. The minimum atomic E-state index is -0.775. The summed E-state index contributed by atoms with van der Waals surface area (Å²) in [6.45, 7) is 6.63. The fourth-order valence-corrected chi connectivity index (χ4v) is 9.07. The molecule has 0 saturated heterocycles. The van der Waals surface area contributed by atoms with E-state index in [1.807, 2.05) is 0 Å². The van der Waals surface area contributed by atoms with E-state index in [-0.39, 0.29) is 31.1 Å². The van der Waals surface area contributed by atoms with E-state index in [4.69, 9.17) is 14.2 Å². The largest absolute Gasteiger partial charge is 0.462 e. The Morgan fingerprint density at radius 2 is 0.500 bits per heavy atom. The number of ether oxygens (including phenoxy) is 3. The molecule has 0 fully saturated rings. The van der Waals surface area contributed by atoms with Crippen LogP contribution in [0, 0.1) is 0 Å². The smallest absolute Gasteiger partial charge is 0.306 e. The van der Waals surface area contributed by atoms with Crippen LogP contribution >= 0.6 is 0 Å². The molecule has 0 spiro atoms. The Bertz CT molecular complexity index is 1100. The first-order valence-corrected chi connectivity index (χ1v) is 30.3. The number of carbonyl (C=O) groups excluding carboxylic acids is 3. The van der Waals surface area contributed by atoms with Crippen molar-refractivity contribution in [2.75, 3.05) is 13.2 Å². The van der Waals surface area contributed by atoms with Gasteiger partial charge in [-0.2, -0.15) is 0 Å². The Kier molecular flexibility index (Phi) is 55.7. The lowest BCUT2D eigenvalue weighted by molar-refractivity contribution is -0.167. The lowest BCUT2D eigenvalue weighted by Crippen LogP contribution is -2.30. The average Bonchev–Trinajstić information content (AvgIpc) is 3.34. The molecule has 0 aromatic heterocycles. The van der Waals surface area contributed by atoms with Gasteiger partial charge in [0.2, 0.25) is 0 Å². The maximum absolute atomic E-state index is 12.8. The third kappa shape index (κ3) is 54.8. The lowest BCUT2D eigenvalue weighted by atomic mass is 10.0. The van der Waals surface area contributed by atoms with Crippen LogP contribution in [0.25, 0.3) is 0 Å². The summed E-state index contributed by atoms with van der Waals surface area (Å²) < 4.78 is 16.9. The van der Waals surface area contributed by atoms with Gasteiger partial charge in [-0.05, 0) is 64.2 Å². The van der Waals surface area contributed by atoms with Crippen molar-refractivity contribution in [2.24, 2.45) is 0 Å². The number of allylic oxidation sites excluding steroid dienone is 4. The van der Waals surface area contributed by atoms with Crippen LogP contribution in [-0.4, -0.2) is 37.2 Å². The van der Waals surface area contributed by atoms with Crippen molar-refractivity contribution < 1.29 is 28.6 Å². The molecule has 0 aliphatic heterocycles. The Hall–Kier alpha value is -2.11. The molecule has 0 N–H and O–H groups in total. The fourth-order valence-electron chi connectivity index (χ4n) is 9.07. The Morgan fingerprint density at radius 3 is 0.779 bits per heavy atom. The highest BCUT2D eigenvalue weighted by atomic mass is 16.6. The van der Waals surface area contributed by atoms with E-state index in [1.54, 1.807) is 0 Å². The number of rotatable bonds is 56. The average molecular weight is 958 g/mol. The minimum Gasteiger partial charge on any atom is -0.462 e. The first-order valence-electron chi connectivity index (χ1n) is 30.3. The second-order valence-electron chi connectivity index (χ2n) is 20.6. The number of carbonyl (C=O) groups is 3. The fraction of sp³-hybridized carbons (Fsp3) is 0.887. The van der Waals surface area contributed by atoms with E-state index in [2.05, 4.69) is 45.1 Å². The second-order valence-corrected chi connectivity index (χ2v) is 20.6. The van der Waals surface area contributed by atoms with Crippen LogP contribution in [0.3, 0.4) is 0 Å². The summed E-state index contributed by atoms with van der Waals surface area (Å²) in [5.74, 6) is -0.873. The third-order valence-corrected chi connectivity index (χ3v) is 13.7. The van der Waals surface area contributed by atoms with Crippen LogP contribution in [0.15, 0.2) is 24.3 Å². The van der Waals surface area contributed by atoms with E-state index >= 15 is 0 Å². The van der Waals surface area contributed by atoms with Gasteiger partial charge in [0.25, 0.3) is 0 Å². The number of unbranched alkanes of at least 4 members (excludes halogenated alkanes) is 41. The molecule has 0 amide bonds. The summed E-state index contributed by atoms with van der Waals surface area (Å²) in [5.41, 5.74) is 0. The molecular formula is C62H116O6. The Balaban J connectivity index is 4.17. The van der Waals surface area contributed by atoms with Crippen LogP contribution in [-0.2, 0) is 28.6 Å². The molecule has 68 heavy (non-hydrogen) atoms. The predicted molar refractivity (Wildman–Crippen MR) is 293 cm³/mol. The van der Waals surface area contributed by atoms with Crippen molar-refractivity contribution in [2.45, 2.75) is 341 Å². The normalized spacial score (nSPS) is 12.1. The van der Waals surface area contributed by atoms with Crippen LogP contribution < -0.4 is 0 Å². The SMILES string of the molecule is CCCC/C=C\CCCCCCCC(=O)OCC(COC(=O)CCCCCCCCCCCCCCCCCCCCCCCCCCC)OC(=O)CCCCCCC/C=C\CCCCCCC. The van der Waals surface area contributed by atoms with Crippen molar-refractivity contribution >= 4 is 17.9 Å². The van der Waals surface area contributed by atoms with Crippen molar-refractivity contribution in [1.82, 2.24) is 0 Å². The van der Waals surface area contributed by atoms with Gasteiger partial charge in [0.15, 0.2) is 6.10 Å². The molecule has 0 radical (unpaired) electrons. The molecule has 0 heterocycles. The molecule has 0 rings (SSSR count). The summed E-state index contributed by atoms with van der Waals surface area (Å²) in [6, 6.07) is 0. The highest BCUT2D eigenvalue weighted by Crippen LogP contribution is 2.17. The minimum absolute atomic E-state index is 0.0730. The van der Waals surface area contributed by atoms with Crippen LogP contribution in [0.5, 0.6) is 0 Å². The zero-order valence-electron chi connectivity index (χ0n) is 45.9. The first kappa shape index (κ1) is 65.9. The molecule has 1 unspecified atom stereocenters. The highest BCUT2D eigenvalue weighted by Gasteiger charge is 2.19. The van der Waals surface area contributed by atoms with Gasteiger partial charge in [-0.15, -0.1) is 0 Å². The third-order valence-electron chi connectivity index (χ3n) is 13.7. The van der Waals surface area contributed by atoms with Gasteiger partial charge in [0, 0.05) is 19.3 Å². The summed E-state index contributed by atoms with van der Waals surface area (Å²) in [6.07, 6.45) is 67.6. The van der Waals surface area contributed by atoms with E-state index in [9.17, 15) is 14.4 Å². The van der Waals surface area contributed by atoms with Gasteiger partial charge in [0.1, 0.15) is 13.2 Å². The van der Waals surface area contributed by atoms with Gasteiger partial charge < -0.3 is 14.2 Å². The second kappa shape index (κ2) is 57.5. The standard InChI is InChI=1S/C62H116O6/c1-4-7-10-13-16-19-22-24-26-27-28-29-30-31-32-33-34-35-36-38-40-43-46-49-52-55-61(64)67-58-59(57-66-60(63)54-51-48-45-42-39-21-18-15-12-9-6-3)68-62(65)56-53-50-47-44-41-37-25-23-20-17-14-11-8-5-2/h15,18,23,25,59H,4-14,16-17,19-22,24,26-58H2,1-3H3/b18-15-,25-23-. The molecule has 6 nitrogen and oxygen atoms in total. The van der Waals surface area contributed by atoms with Crippen LogP contribution in [0.4, 0.5) is 0 Å². The molecule has 400 valence electrons. The zero-order chi connectivity index (χ0) is 49.3. The topological polar surface area (TPSA) is 78.9 Å². The number of esters is 3. The van der Waals surface area contributed by atoms with E-state index in [0.29, 0.717) is 19.3 Å². The van der Waals surface area contributed by atoms with Crippen molar-refractivity contribution in [3.8, 4) is 0 Å². The van der Waals surface area contributed by atoms with E-state index in [1.165, 1.54) is 225 Å². The van der Waals surface area contributed by atoms with Crippen molar-refractivity contribution in [1.29, 1.82) is 0 Å². The van der Waals surface area contributed by atoms with Gasteiger partial charge in [0.05, 0.1) is 0 Å². The molecule has 0 aliphatic rings. The van der Waals surface area contributed by atoms with Gasteiger partial charge >= 0.3 is 17.9 Å². The molecule has 0 bridgehead atoms. The molecule has 6 heteroatoms. The monoisotopic (exact) mass is 957 g/mol. The molecule has 0 saturated carbocycles. The molecule has 0 aliphatic carbocycles. The summed E-state index contributed by atoms with van der Waals surface area (Å²) >= 11 is 0. The lowest BCUT2D eigenvalue weighted by Gasteiger charge is -2.18. The van der Waals surface area contributed by atoms with Crippen molar-refractivity contribution in [3.05, 3.63) is 24.3 Å². The number of hydrogen-bond acceptors (Lipinski definition) is 6. The molecule has 0 aromatic rings. The summed E-state index contributed by atoms with van der Waals surface area (Å²) in [5, 5.41) is 0. The highest BCUT2D eigenvalue weighted by molar-refractivity contribution is 5.71. The number of hydrogen-bond donors (Lipinski definition) is 0. The van der Waals surface area contributed by atoms with Gasteiger partial charge in [-0.25, -0.2) is 0 Å². The van der Waals surface area contributed by atoms with Gasteiger partial charge in [-0.1, -0.05) is 276 Å². The van der Waals surface area contributed by atoms with Crippen LogP contribution in [0.1, 0.15) is 335 Å². The maximum atomic E-state index is 12.8. The summed E-state index contributed by atoms with van der Waals surface area (Å²) in [7, 11) is 0. The quantitative estimate of drug-likeness (QED) is 0.0262. The van der Waals surface area contributed by atoms with E-state index in [0.717, 1.165) is 70.6 Å². The molecule has 1 atom stereocenters. The van der Waals surface area contributed by atoms with Crippen LogP contribution in [0.2, 0.25) is 0 Å². The zero-order valence-corrected chi connectivity index (χ0v) is 45.9. The molecule has 0 aromatic carbocycles. The van der Waals surface area contributed by atoms with Gasteiger partial charge in [-0.3, -0.25) is 14.4 Å².